The number of thioether (sulfide) groups is 1. The third-order valence-corrected chi connectivity index (χ3v) is 12.6. The Bertz CT molecular complexity index is 1370. The monoisotopic (exact) mass is 489 g/mol. The van der Waals surface area contributed by atoms with E-state index in [9.17, 15) is 0 Å². The minimum Gasteiger partial charge on any atom is -0.309 e. The van der Waals surface area contributed by atoms with Gasteiger partial charge in [0.15, 0.2) is 0 Å². The largest absolute Gasteiger partial charge is 0.309 e. The molecule has 6 atom stereocenters. The second kappa shape index (κ2) is 7.74. The topological polar surface area (TPSA) is 12.0 Å². The molecule has 1 nitrogen and oxygen atoms in total. The summed E-state index contributed by atoms with van der Waals surface area (Å²) in [6.07, 6.45) is 8.29. The van der Waals surface area contributed by atoms with Crippen LogP contribution in [-0.2, 0) is 0 Å². The Kier molecular flexibility index (Phi) is 4.51. The lowest BCUT2D eigenvalue weighted by Gasteiger charge is -2.47. The van der Waals surface area contributed by atoms with Gasteiger partial charge in [-0.3, -0.25) is 0 Å². The summed E-state index contributed by atoms with van der Waals surface area (Å²) in [5.74, 6) is 5.63. The molecule has 182 valence electrons. The third kappa shape index (κ3) is 2.89. The fraction of sp³-hybridized carbons (Fsp3) is 0.471. The van der Waals surface area contributed by atoms with Crippen LogP contribution in [-0.4, -0.2) is 12.3 Å². The van der Waals surface area contributed by atoms with E-state index in [-0.39, 0.29) is 0 Å². The molecule has 5 aliphatic carbocycles. The van der Waals surface area contributed by atoms with Crippen molar-refractivity contribution in [3.8, 4) is 0 Å². The average Bonchev–Trinajstić information content (AvgIpc) is 2.98. The first kappa shape index (κ1) is 21.0. The first-order valence-corrected chi connectivity index (χ1v) is 15.6. The fourth-order valence-electron chi connectivity index (χ4n) is 9.40. The van der Waals surface area contributed by atoms with E-state index in [0.717, 1.165) is 18.4 Å². The lowest BCUT2D eigenvalue weighted by atomic mass is 9.63. The van der Waals surface area contributed by atoms with Gasteiger partial charge in [0.2, 0.25) is 0 Å². The van der Waals surface area contributed by atoms with Crippen molar-refractivity contribution in [1.82, 2.24) is 5.32 Å². The molecule has 1 saturated carbocycles. The van der Waals surface area contributed by atoms with Crippen molar-refractivity contribution in [1.29, 1.82) is 0 Å². The smallest absolute Gasteiger partial charge is 0.0329 e. The van der Waals surface area contributed by atoms with Gasteiger partial charge in [-0.2, -0.15) is 11.8 Å². The van der Waals surface area contributed by atoms with Gasteiger partial charge in [0.05, 0.1) is 0 Å². The zero-order valence-electron chi connectivity index (χ0n) is 21.0. The molecule has 2 heteroatoms. The van der Waals surface area contributed by atoms with Crippen LogP contribution in [0, 0.1) is 0 Å². The standard InChI is InChI=1S/C34H35NS/c1-2-4-26-24(3-1)32-18-36-34(26)16-29(32)22-10-12-25-30(14-22)31-17-35-33(25)15-28(31)21-9-11-23-19-5-7-20(8-6-19)27(23)13-21/h1-4,9-14,19-20,28-29,31-35H,5-8,15-18H2. The second-order valence-electron chi connectivity index (χ2n) is 12.6. The van der Waals surface area contributed by atoms with Crippen molar-refractivity contribution >= 4 is 11.8 Å². The third-order valence-electron chi connectivity index (χ3n) is 11.2. The van der Waals surface area contributed by atoms with Gasteiger partial charge in [0.1, 0.15) is 0 Å². The molecule has 12 rings (SSSR count). The van der Waals surface area contributed by atoms with Gasteiger partial charge >= 0.3 is 0 Å². The molecular formula is C34H35NS. The predicted molar refractivity (Wildman–Crippen MR) is 149 cm³/mol. The molecule has 6 unspecified atom stereocenters. The molecule has 1 N–H and O–H groups in total. The highest BCUT2D eigenvalue weighted by Crippen LogP contribution is 2.59. The van der Waals surface area contributed by atoms with E-state index in [1.54, 1.807) is 44.5 Å². The maximum absolute atomic E-state index is 3.90. The summed E-state index contributed by atoms with van der Waals surface area (Å²) in [7, 11) is 0. The Morgan fingerprint density at radius 2 is 1.28 bits per heavy atom. The maximum atomic E-state index is 3.90. The summed E-state index contributed by atoms with van der Waals surface area (Å²) in [6.45, 7) is 1.14. The van der Waals surface area contributed by atoms with Crippen molar-refractivity contribution in [2.45, 2.75) is 85.3 Å². The maximum Gasteiger partial charge on any atom is 0.0329 e. The van der Waals surface area contributed by atoms with E-state index in [1.807, 2.05) is 0 Å². The highest BCUT2D eigenvalue weighted by molar-refractivity contribution is 7.99. The molecular weight excluding hydrogens is 454 g/mol. The summed E-state index contributed by atoms with van der Waals surface area (Å²) in [5.41, 5.74) is 13.2. The van der Waals surface area contributed by atoms with E-state index in [1.165, 1.54) is 44.3 Å². The number of piperidine rings is 1. The van der Waals surface area contributed by atoms with Gasteiger partial charge in [-0.1, -0.05) is 60.7 Å². The van der Waals surface area contributed by atoms with Crippen LogP contribution in [0.5, 0.6) is 0 Å². The zero-order chi connectivity index (χ0) is 23.4. The molecule has 4 heterocycles. The summed E-state index contributed by atoms with van der Waals surface area (Å²) in [4.78, 5) is 0. The molecule has 4 aliphatic heterocycles. The highest BCUT2D eigenvalue weighted by Gasteiger charge is 2.44. The molecule has 6 bridgehead atoms. The summed E-state index contributed by atoms with van der Waals surface area (Å²) < 4.78 is 0. The Labute approximate surface area is 219 Å². The summed E-state index contributed by atoms with van der Waals surface area (Å²) in [5, 5.41) is 4.58. The van der Waals surface area contributed by atoms with Crippen LogP contribution in [0.3, 0.4) is 0 Å². The van der Waals surface area contributed by atoms with Crippen molar-refractivity contribution in [3.05, 3.63) is 105 Å². The highest BCUT2D eigenvalue weighted by atomic mass is 32.2. The molecule has 3 aromatic rings. The molecule has 0 aromatic heterocycles. The van der Waals surface area contributed by atoms with Crippen molar-refractivity contribution in [2.75, 3.05) is 12.3 Å². The SMILES string of the molecule is c1ccc2c(c1)C1CC(c3ccc4c(c3)C3CNC4CC3c3ccc4c(c3)C3CCC4CC3)C2CS1. The predicted octanol–water partition coefficient (Wildman–Crippen LogP) is 8.42. The number of hydrogen-bond acceptors (Lipinski definition) is 2. The number of rotatable bonds is 2. The molecule has 0 amide bonds. The molecule has 2 saturated heterocycles. The van der Waals surface area contributed by atoms with Gasteiger partial charge in [0.25, 0.3) is 0 Å². The Balaban J connectivity index is 1.08. The second-order valence-corrected chi connectivity index (χ2v) is 13.9. The van der Waals surface area contributed by atoms with Crippen LogP contribution in [0.2, 0.25) is 0 Å². The van der Waals surface area contributed by atoms with Crippen LogP contribution in [0.25, 0.3) is 0 Å². The summed E-state index contributed by atoms with van der Waals surface area (Å²) in [6, 6.07) is 25.3. The van der Waals surface area contributed by atoms with Crippen LogP contribution >= 0.6 is 11.8 Å². The number of benzene rings is 3. The van der Waals surface area contributed by atoms with Crippen LogP contribution in [0.1, 0.15) is 130 Å². The lowest BCUT2D eigenvalue weighted by Crippen LogP contribution is -2.42. The summed E-state index contributed by atoms with van der Waals surface area (Å²) >= 11 is 2.20. The minimum atomic E-state index is 0.524. The quantitative estimate of drug-likeness (QED) is 0.388. The molecule has 3 fully saturated rings. The van der Waals surface area contributed by atoms with Gasteiger partial charge < -0.3 is 5.32 Å². The average molecular weight is 490 g/mol. The van der Waals surface area contributed by atoms with Gasteiger partial charge in [-0.25, -0.2) is 0 Å². The Morgan fingerprint density at radius 3 is 2.11 bits per heavy atom. The van der Waals surface area contributed by atoms with Crippen molar-refractivity contribution < 1.29 is 0 Å². The van der Waals surface area contributed by atoms with E-state index >= 15 is 0 Å². The fourth-order valence-corrected chi connectivity index (χ4v) is 11.0. The van der Waals surface area contributed by atoms with Crippen LogP contribution in [0.15, 0.2) is 60.7 Å². The van der Waals surface area contributed by atoms with E-state index < -0.39 is 0 Å². The van der Waals surface area contributed by atoms with E-state index in [2.05, 4.69) is 77.7 Å². The molecule has 36 heavy (non-hydrogen) atoms. The Hall–Kier alpha value is -2.03. The van der Waals surface area contributed by atoms with Crippen molar-refractivity contribution in [3.63, 3.8) is 0 Å². The van der Waals surface area contributed by atoms with Gasteiger partial charge in [-0.15, -0.1) is 0 Å². The normalized spacial score (nSPS) is 36.9. The number of fused-ring (bicyclic) bond motifs is 6. The number of nitrogens with one attached hydrogen (secondary N) is 1. The van der Waals surface area contributed by atoms with Gasteiger partial charge in [-0.05, 0) is 107 Å². The number of hydrogen-bond donors (Lipinski definition) is 1. The minimum absolute atomic E-state index is 0.524. The van der Waals surface area contributed by atoms with Crippen LogP contribution in [0.4, 0.5) is 0 Å². The van der Waals surface area contributed by atoms with E-state index in [0.29, 0.717) is 35.0 Å². The lowest BCUT2D eigenvalue weighted by molar-refractivity contribution is 0.295. The van der Waals surface area contributed by atoms with E-state index in [4.69, 9.17) is 0 Å². The first-order valence-electron chi connectivity index (χ1n) is 14.5. The molecule has 3 aromatic carbocycles. The van der Waals surface area contributed by atoms with Crippen LogP contribution < -0.4 is 5.32 Å². The molecule has 0 radical (unpaired) electrons. The van der Waals surface area contributed by atoms with Crippen molar-refractivity contribution in [2.24, 2.45) is 0 Å². The Morgan fingerprint density at radius 1 is 0.583 bits per heavy atom. The zero-order valence-corrected chi connectivity index (χ0v) is 21.8. The molecule has 9 aliphatic rings. The first-order chi connectivity index (χ1) is 17.8. The molecule has 0 spiro atoms. The van der Waals surface area contributed by atoms with Gasteiger partial charge in [0, 0.05) is 35.4 Å².